The summed E-state index contributed by atoms with van der Waals surface area (Å²) in [5, 5.41) is 11.6. The van der Waals surface area contributed by atoms with E-state index in [1.807, 2.05) is 32.6 Å². The van der Waals surface area contributed by atoms with Crippen molar-refractivity contribution >= 4 is 29.4 Å². The number of alkyl halides is 3. The fraction of sp³-hybridized carbons (Fsp3) is 0.435. The minimum atomic E-state index is -4.52. The molecule has 9 nitrogen and oxygen atoms in total. The van der Waals surface area contributed by atoms with Crippen LogP contribution in [-0.2, 0) is 11.0 Å². The molecule has 0 atom stereocenters. The number of carbonyl (C=O) groups excluding carboxylic acids is 2. The summed E-state index contributed by atoms with van der Waals surface area (Å²) in [7, 11) is 0. The summed E-state index contributed by atoms with van der Waals surface area (Å²) in [5.74, 6) is 0.500. The maximum absolute atomic E-state index is 12.6. The van der Waals surface area contributed by atoms with Crippen LogP contribution in [0.2, 0.25) is 0 Å². The topological polar surface area (TPSA) is 111 Å². The van der Waals surface area contributed by atoms with E-state index in [-0.39, 0.29) is 27.5 Å². The average molecular weight is 531 g/mol. The van der Waals surface area contributed by atoms with Crippen molar-refractivity contribution < 1.29 is 25.6 Å². The van der Waals surface area contributed by atoms with Gasteiger partial charge in [0.25, 0.3) is 11.8 Å². The quantitative estimate of drug-likeness (QED) is 0.401. The zero-order valence-electron chi connectivity index (χ0n) is 20.6. The highest BCUT2D eigenvalue weighted by Gasteiger charge is 2.31. The normalized spacial score (nSPS) is 15.6. The van der Waals surface area contributed by atoms with E-state index in [1.165, 1.54) is 11.8 Å². The van der Waals surface area contributed by atoms with Crippen LogP contribution in [-0.4, -0.2) is 59.5 Å². The van der Waals surface area contributed by atoms with Crippen molar-refractivity contribution in [2.75, 3.05) is 31.9 Å². The van der Waals surface area contributed by atoms with Gasteiger partial charge in [0.15, 0.2) is 12.5 Å². The minimum absolute atomic E-state index is 0. The largest absolute Gasteiger partial charge is 0.417 e. The van der Waals surface area contributed by atoms with Crippen molar-refractivity contribution in [3.8, 4) is 0 Å². The SMILES string of the molecule is CC.CCNC1=C(C)N[CH]N=C1N1C=C(C(=O)NCCNC(=O)c2ccc(C(F)(F)F)cn2)SCC1.[HH].[HH]. The molecule has 2 aliphatic rings. The van der Waals surface area contributed by atoms with Crippen molar-refractivity contribution in [1.82, 2.24) is 31.2 Å². The Morgan fingerprint density at radius 3 is 2.50 bits per heavy atom. The lowest BCUT2D eigenvalue weighted by Crippen LogP contribution is -2.41. The van der Waals surface area contributed by atoms with E-state index >= 15 is 0 Å². The first-order chi connectivity index (χ1) is 17.2. The lowest BCUT2D eigenvalue weighted by Gasteiger charge is -2.31. The Bertz CT molecular complexity index is 1020. The lowest BCUT2D eigenvalue weighted by molar-refractivity contribution is -0.137. The minimum Gasteiger partial charge on any atom is -0.381 e. The number of amides is 2. The number of aromatic nitrogens is 1. The maximum atomic E-state index is 12.6. The molecule has 0 aromatic carbocycles. The Labute approximate surface area is 216 Å². The standard InChI is InChI=1S/C21H25F3N7O2S.C2H6.2H2/c1-3-25-17-13(2)29-12-30-18(17)31-8-9-34-16(11-31)20(33)27-7-6-26-19(32)15-5-4-14(10-28-15)21(22,23)24;1-2;;/h4-5,10-12,25,29H,3,6-9H2,1-2H3,(H,26,32)(H,27,33);1-2H3;2*1H. The number of nitrogens with one attached hydrogen (secondary N) is 4. The Morgan fingerprint density at radius 2 is 1.89 bits per heavy atom. The van der Waals surface area contributed by atoms with E-state index in [9.17, 15) is 22.8 Å². The summed E-state index contributed by atoms with van der Waals surface area (Å²) in [6.07, 6.45) is -2.16. The summed E-state index contributed by atoms with van der Waals surface area (Å²) in [6, 6.07) is 1.80. The van der Waals surface area contributed by atoms with Crippen molar-refractivity contribution in [3.05, 3.63) is 58.8 Å². The molecule has 3 heterocycles. The third kappa shape index (κ3) is 7.90. The zero-order chi connectivity index (χ0) is 26.7. The number of halogens is 3. The predicted molar refractivity (Wildman–Crippen MR) is 139 cm³/mol. The molecule has 0 bridgehead atoms. The average Bonchev–Trinajstić information content (AvgIpc) is 2.88. The monoisotopic (exact) mass is 530 g/mol. The number of likely N-dealkylation sites (N-methyl/N-ethyl adjacent to an activating group) is 1. The van der Waals surface area contributed by atoms with Crippen LogP contribution in [0.3, 0.4) is 0 Å². The predicted octanol–water partition coefficient (Wildman–Crippen LogP) is 3.32. The van der Waals surface area contributed by atoms with Crippen LogP contribution >= 0.6 is 11.8 Å². The van der Waals surface area contributed by atoms with E-state index in [0.717, 1.165) is 35.9 Å². The first kappa shape index (κ1) is 29.0. The molecule has 13 heteroatoms. The molecule has 2 amide bonds. The van der Waals surface area contributed by atoms with Crippen molar-refractivity contribution in [2.45, 2.75) is 33.9 Å². The van der Waals surface area contributed by atoms with E-state index in [2.05, 4.69) is 31.2 Å². The van der Waals surface area contributed by atoms with E-state index in [1.54, 1.807) is 12.9 Å². The number of pyridine rings is 1. The molecule has 0 fully saturated rings. The Morgan fingerprint density at radius 1 is 1.19 bits per heavy atom. The molecule has 2 aliphatic heterocycles. The number of nitrogens with zero attached hydrogens (tertiary/aromatic N) is 3. The number of amidine groups is 1. The Balaban J connectivity index is 0.00000334. The highest BCUT2D eigenvalue weighted by Crippen LogP contribution is 2.28. The van der Waals surface area contributed by atoms with Crippen molar-refractivity contribution in [3.63, 3.8) is 0 Å². The van der Waals surface area contributed by atoms with Gasteiger partial charge >= 0.3 is 6.18 Å². The molecular formula is C23H35F3N7O2S. The fourth-order valence-corrected chi connectivity index (χ4v) is 4.03. The van der Waals surface area contributed by atoms with Gasteiger partial charge in [-0.3, -0.25) is 14.6 Å². The van der Waals surface area contributed by atoms with E-state index in [0.29, 0.717) is 23.4 Å². The van der Waals surface area contributed by atoms with Crippen molar-refractivity contribution in [1.29, 1.82) is 0 Å². The Kier molecular flexibility index (Phi) is 11.1. The first-order valence-electron chi connectivity index (χ1n) is 11.5. The molecule has 0 unspecified atom stereocenters. The van der Waals surface area contributed by atoms with Gasteiger partial charge in [-0.25, -0.2) is 4.99 Å². The smallest absolute Gasteiger partial charge is 0.381 e. The van der Waals surface area contributed by atoms with Crippen LogP contribution in [0.5, 0.6) is 0 Å². The molecule has 1 aromatic heterocycles. The van der Waals surface area contributed by atoms with Gasteiger partial charge in [-0.2, -0.15) is 13.2 Å². The molecule has 1 radical (unpaired) electrons. The molecule has 0 aliphatic carbocycles. The first-order valence-corrected chi connectivity index (χ1v) is 12.5. The molecular weight excluding hydrogens is 495 g/mol. The van der Waals surface area contributed by atoms with Crippen LogP contribution in [0.4, 0.5) is 13.2 Å². The number of allylic oxidation sites excluding steroid dienone is 1. The fourth-order valence-electron chi connectivity index (χ4n) is 3.11. The van der Waals surface area contributed by atoms with Crippen molar-refractivity contribution in [2.24, 2.45) is 4.99 Å². The maximum Gasteiger partial charge on any atom is 0.417 e. The number of hydrogen-bond donors (Lipinski definition) is 4. The Hall–Kier alpha value is -3.22. The van der Waals surface area contributed by atoms with Crippen LogP contribution in [0, 0.1) is 6.67 Å². The van der Waals surface area contributed by atoms with Crippen LogP contribution in [0.25, 0.3) is 0 Å². The highest BCUT2D eigenvalue weighted by molar-refractivity contribution is 8.04. The molecule has 0 spiro atoms. The van der Waals surface area contributed by atoms with E-state index < -0.39 is 17.6 Å². The second-order valence-corrected chi connectivity index (χ2v) is 8.37. The molecule has 1 aromatic rings. The summed E-state index contributed by atoms with van der Waals surface area (Å²) in [5.41, 5.74) is 0.732. The van der Waals surface area contributed by atoms with Gasteiger partial charge in [-0.05, 0) is 26.0 Å². The summed E-state index contributed by atoms with van der Waals surface area (Å²) < 4.78 is 37.8. The molecule has 36 heavy (non-hydrogen) atoms. The zero-order valence-corrected chi connectivity index (χ0v) is 21.4. The number of aliphatic imine (C=N–C) groups is 1. The van der Waals surface area contributed by atoms with E-state index in [4.69, 9.17) is 0 Å². The number of carbonyl (C=O) groups is 2. The third-order valence-electron chi connectivity index (χ3n) is 4.80. The molecule has 0 saturated carbocycles. The van der Waals surface area contributed by atoms with Crippen LogP contribution in [0.1, 0.15) is 46.6 Å². The van der Waals surface area contributed by atoms with Gasteiger partial charge in [-0.1, -0.05) is 13.8 Å². The van der Waals surface area contributed by atoms with Crippen LogP contribution < -0.4 is 21.3 Å². The molecule has 3 rings (SSSR count). The van der Waals surface area contributed by atoms with Gasteiger partial charge in [0.05, 0.1) is 16.2 Å². The summed E-state index contributed by atoms with van der Waals surface area (Å²) >= 11 is 1.42. The number of hydrogen-bond acceptors (Lipinski definition) is 8. The second-order valence-electron chi connectivity index (χ2n) is 7.23. The van der Waals surface area contributed by atoms with Gasteiger partial charge < -0.3 is 26.2 Å². The lowest BCUT2D eigenvalue weighted by atomic mass is 10.2. The van der Waals surface area contributed by atoms with Gasteiger partial charge in [0.1, 0.15) is 5.69 Å². The summed E-state index contributed by atoms with van der Waals surface area (Å²) in [4.78, 5) is 35.1. The van der Waals surface area contributed by atoms with Gasteiger partial charge in [0.2, 0.25) is 0 Å². The highest BCUT2D eigenvalue weighted by atomic mass is 32.2. The summed E-state index contributed by atoms with van der Waals surface area (Å²) in [6.45, 7) is 11.2. The molecule has 0 saturated heterocycles. The number of rotatable bonds is 7. The van der Waals surface area contributed by atoms with Gasteiger partial charge in [0, 0.05) is 52.9 Å². The number of thioether (sulfide) groups is 1. The van der Waals surface area contributed by atoms with Crippen LogP contribution in [0.15, 0.2) is 45.8 Å². The molecule has 201 valence electrons. The van der Waals surface area contributed by atoms with Gasteiger partial charge in [-0.15, -0.1) is 11.8 Å². The second kappa shape index (κ2) is 13.8. The molecule has 4 N–H and O–H groups in total. The third-order valence-corrected chi connectivity index (χ3v) is 5.79.